The fourth-order valence-electron chi connectivity index (χ4n) is 2.11. The number of aromatic nitrogens is 2. The Labute approximate surface area is 153 Å². The van der Waals surface area contributed by atoms with Gasteiger partial charge in [-0.2, -0.15) is 4.98 Å². The Kier molecular flexibility index (Phi) is 5.21. The van der Waals surface area contributed by atoms with E-state index in [9.17, 15) is 4.39 Å². The number of anilines is 4. The van der Waals surface area contributed by atoms with Gasteiger partial charge in [0, 0.05) is 16.9 Å². The van der Waals surface area contributed by atoms with Crippen molar-refractivity contribution in [3.63, 3.8) is 0 Å². The molecule has 0 bridgehead atoms. The van der Waals surface area contributed by atoms with Crippen LogP contribution in [-0.4, -0.2) is 17.1 Å². The zero-order valence-electron chi connectivity index (χ0n) is 13.1. The van der Waals surface area contributed by atoms with E-state index in [2.05, 4.69) is 20.6 Å². The molecule has 0 aliphatic carbocycles. The zero-order chi connectivity index (χ0) is 17.8. The molecule has 0 fully saturated rings. The molecule has 0 radical (unpaired) electrons. The van der Waals surface area contributed by atoms with E-state index in [4.69, 9.17) is 27.9 Å². The van der Waals surface area contributed by atoms with Gasteiger partial charge in [-0.1, -0.05) is 23.2 Å². The number of nitrogens with zero attached hydrogens (tertiary/aromatic N) is 2. The second-order valence-corrected chi connectivity index (χ2v) is 5.83. The lowest BCUT2D eigenvalue weighted by Crippen LogP contribution is -2.01. The van der Waals surface area contributed by atoms with Gasteiger partial charge in [0.05, 0.1) is 17.8 Å². The minimum atomic E-state index is -0.481. The lowest BCUT2D eigenvalue weighted by Gasteiger charge is -2.11. The van der Waals surface area contributed by atoms with Gasteiger partial charge >= 0.3 is 0 Å². The molecule has 0 aliphatic rings. The summed E-state index contributed by atoms with van der Waals surface area (Å²) in [6, 6.07) is 11.2. The van der Waals surface area contributed by atoms with Gasteiger partial charge in [-0.05, 0) is 42.5 Å². The van der Waals surface area contributed by atoms with Crippen molar-refractivity contribution in [2.45, 2.75) is 0 Å². The molecular formula is C17H13Cl2FN4O. The lowest BCUT2D eigenvalue weighted by atomic mass is 10.3. The third-order valence-electron chi connectivity index (χ3n) is 3.26. The highest BCUT2D eigenvalue weighted by Crippen LogP contribution is 2.30. The molecule has 2 aromatic carbocycles. The number of nitrogens with one attached hydrogen (secondary N) is 2. The predicted molar refractivity (Wildman–Crippen MR) is 98.0 cm³/mol. The van der Waals surface area contributed by atoms with E-state index < -0.39 is 5.82 Å². The summed E-state index contributed by atoms with van der Waals surface area (Å²) in [6.45, 7) is 0. The van der Waals surface area contributed by atoms with Gasteiger partial charge in [0.25, 0.3) is 0 Å². The first-order valence-corrected chi connectivity index (χ1v) is 7.96. The Bertz CT molecular complexity index is 908. The monoisotopic (exact) mass is 378 g/mol. The third-order valence-corrected chi connectivity index (χ3v) is 3.78. The van der Waals surface area contributed by atoms with Crippen molar-refractivity contribution in [2.75, 3.05) is 17.7 Å². The Hall–Kier alpha value is -2.57. The molecule has 0 saturated heterocycles. The van der Waals surface area contributed by atoms with Crippen LogP contribution in [0, 0.1) is 5.82 Å². The van der Waals surface area contributed by atoms with Crippen LogP contribution in [0.4, 0.5) is 27.5 Å². The van der Waals surface area contributed by atoms with E-state index in [-0.39, 0.29) is 5.02 Å². The topological polar surface area (TPSA) is 59.1 Å². The molecule has 5 nitrogen and oxygen atoms in total. The highest BCUT2D eigenvalue weighted by molar-refractivity contribution is 6.31. The highest BCUT2D eigenvalue weighted by atomic mass is 35.5. The van der Waals surface area contributed by atoms with Gasteiger partial charge in [-0.3, -0.25) is 0 Å². The SMILES string of the molecule is COc1ccc(Cl)cc1Nc1nccc(Nc2ccc(F)c(Cl)c2)n1. The van der Waals surface area contributed by atoms with Gasteiger partial charge < -0.3 is 15.4 Å². The molecular weight excluding hydrogens is 366 g/mol. The van der Waals surface area contributed by atoms with Crippen molar-refractivity contribution in [1.82, 2.24) is 9.97 Å². The first kappa shape index (κ1) is 17.3. The van der Waals surface area contributed by atoms with Crippen LogP contribution < -0.4 is 15.4 Å². The number of methoxy groups -OCH3 is 1. The number of halogens is 3. The molecule has 128 valence electrons. The van der Waals surface area contributed by atoms with Crippen LogP contribution in [-0.2, 0) is 0 Å². The van der Waals surface area contributed by atoms with Crippen molar-refractivity contribution >= 4 is 46.3 Å². The fraction of sp³-hybridized carbons (Fsp3) is 0.0588. The number of ether oxygens (including phenoxy) is 1. The van der Waals surface area contributed by atoms with Crippen LogP contribution in [0.5, 0.6) is 5.75 Å². The highest BCUT2D eigenvalue weighted by Gasteiger charge is 2.07. The first-order chi connectivity index (χ1) is 12.0. The number of hydrogen-bond acceptors (Lipinski definition) is 5. The summed E-state index contributed by atoms with van der Waals surface area (Å²) < 4.78 is 18.5. The van der Waals surface area contributed by atoms with Crippen LogP contribution in [0.25, 0.3) is 0 Å². The Morgan fingerprint density at radius 2 is 1.88 bits per heavy atom. The molecule has 3 rings (SSSR count). The van der Waals surface area contributed by atoms with E-state index in [0.29, 0.717) is 33.9 Å². The fourth-order valence-corrected chi connectivity index (χ4v) is 2.46. The average molecular weight is 379 g/mol. The van der Waals surface area contributed by atoms with Crippen LogP contribution in [0.1, 0.15) is 0 Å². The molecule has 1 aromatic heterocycles. The van der Waals surface area contributed by atoms with E-state index in [1.54, 1.807) is 43.6 Å². The van der Waals surface area contributed by atoms with E-state index >= 15 is 0 Å². The van der Waals surface area contributed by atoms with E-state index in [1.165, 1.54) is 12.1 Å². The van der Waals surface area contributed by atoms with E-state index in [0.717, 1.165) is 0 Å². The maximum atomic E-state index is 13.2. The normalized spacial score (nSPS) is 10.4. The van der Waals surface area contributed by atoms with Crippen molar-refractivity contribution in [3.8, 4) is 5.75 Å². The Balaban J connectivity index is 1.82. The minimum Gasteiger partial charge on any atom is -0.495 e. The molecule has 0 atom stereocenters. The summed E-state index contributed by atoms with van der Waals surface area (Å²) in [7, 11) is 1.56. The summed E-state index contributed by atoms with van der Waals surface area (Å²) in [6.07, 6.45) is 1.58. The van der Waals surface area contributed by atoms with Gasteiger partial charge in [0.15, 0.2) is 0 Å². The van der Waals surface area contributed by atoms with Crippen LogP contribution >= 0.6 is 23.2 Å². The summed E-state index contributed by atoms with van der Waals surface area (Å²) in [5.41, 5.74) is 1.24. The smallest absolute Gasteiger partial charge is 0.229 e. The van der Waals surface area contributed by atoms with Crippen molar-refractivity contribution in [1.29, 1.82) is 0 Å². The number of hydrogen-bond donors (Lipinski definition) is 2. The number of benzene rings is 2. The summed E-state index contributed by atoms with van der Waals surface area (Å²) in [5.74, 6) is 0.988. The molecule has 1 heterocycles. The molecule has 8 heteroatoms. The van der Waals surface area contributed by atoms with E-state index in [1.807, 2.05) is 0 Å². The summed E-state index contributed by atoms with van der Waals surface area (Å²) >= 11 is 11.8. The Morgan fingerprint density at radius 1 is 1.04 bits per heavy atom. The molecule has 25 heavy (non-hydrogen) atoms. The van der Waals surface area contributed by atoms with Gasteiger partial charge in [-0.15, -0.1) is 0 Å². The predicted octanol–water partition coefficient (Wildman–Crippen LogP) is 5.42. The second-order valence-electron chi connectivity index (χ2n) is 4.99. The molecule has 0 spiro atoms. The van der Waals surface area contributed by atoms with Crippen LogP contribution in [0.15, 0.2) is 48.7 Å². The van der Waals surface area contributed by atoms with Gasteiger partial charge in [-0.25, -0.2) is 9.37 Å². The maximum Gasteiger partial charge on any atom is 0.229 e. The second kappa shape index (κ2) is 7.55. The third kappa shape index (κ3) is 4.29. The van der Waals surface area contributed by atoms with Crippen molar-refractivity contribution in [2.24, 2.45) is 0 Å². The Morgan fingerprint density at radius 3 is 2.64 bits per heavy atom. The molecule has 2 N–H and O–H groups in total. The van der Waals surface area contributed by atoms with Crippen molar-refractivity contribution in [3.05, 3.63) is 64.5 Å². The quantitative estimate of drug-likeness (QED) is 0.620. The minimum absolute atomic E-state index is 0.0288. The zero-order valence-corrected chi connectivity index (χ0v) is 14.6. The van der Waals surface area contributed by atoms with Crippen molar-refractivity contribution < 1.29 is 9.13 Å². The average Bonchev–Trinajstić information content (AvgIpc) is 2.59. The molecule has 3 aromatic rings. The van der Waals surface area contributed by atoms with Crippen LogP contribution in [0.3, 0.4) is 0 Å². The summed E-state index contributed by atoms with van der Waals surface area (Å²) in [4.78, 5) is 8.52. The maximum absolute atomic E-state index is 13.2. The standard InChI is InChI=1S/C17H13Cl2FN4O/c1-25-15-5-2-10(18)8-14(15)23-17-21-7-6-16(24-17)22-11-3-4-13(20)12(19)9-11/h2-9H,1H3,(H2,21,22,23,24). The lowest BCUT2D eigenvalue weighted by molar-refractivity contribution is 0.417. The van der Waals surface area contributed by atoms with Gasteiger partial charge in [0.1, 0.15) is 17.4 Å². The van der Waals surface area contributed by atoms with Gasteiger partial charge in [0.2, 0.25) is 5.95 Å². The first-order valence-electron chi connectivity index (χ1n) is 7.21. The molecule has 0 unspecified atom stereocenters. The molecule has 0 aliphatic heterocycles. The number of rotatable bonds is 5. The summed E-state index contributed by atoms with van der Waals surface area (Å²) in [5, 5.41) is 6.67. The largest absolute Gasteiger partial charge is 0.495 e. The molecule has 0 amide bonds. The molecule has 0 saturated carbocycles. The van der Waals surface area contributed by atoms with Crippen LogP contribution in [0.2, 0.25) is 10.0 Å².